The average molecular weight is 166 g/mol. The van der Waals surface area contributed by atoms with Gasteiger partial charge in [-0.3, -0.25) is 0 Å². The van der Waals surface area contributed by atoms with E-state index in [9.17, 15) is 0 Å². The molecule has 2 nitrogen and oxygen atoms in total. The van der Waals surface area contributed by atoms with Gasteiger partial charge in [0.1, 0.15) is 0 Å². The van der Waals surface area contributed by atoms with Crippen LogP contribution in [0.4, 0.5) is 0 Å². The van der Waals surface area contributed by atoms with Crippen molar-refractivity contribution in [3.8, 4) is 0 Å². The molecule has 0 saturated carbocycles. The Kier molecular flexibility index (Phi) is 2.79. The van der Waals surface area contributed by atoms with E-state index in [4.69, 9.17) is 0 Å². The molecule has 2 atom stereocenters. The van der Waals surface area contributed by atoms with Gasteiger partial charge in [-0.1, -0.05) is 18.6 Å². The van der Waals surface area contributed by atoms with Crippen molar-refractivity contribution >= 4 is 0 Å². The van der Waals surface area contributed by atoms with Crippen LogP contribution in [-0.4, -0.2) is 25.2 Å². The second-order valence-corrected chi connectivity index (χ2v) is 3.78. The standard InChI is InChI=1S/C10H18N2/c1-3-7-11-9(5-1)10-6-2-4-8-12-10/h1,3,9-12H,2,4-8H2. The zero-order chi connectivity index (χ0) is 8.23. The monoisotopic (exact) mass is 166 g/mol. The molecule has 0 aromatic carbocycles. The SMILES string of the molecule is C1=CCC(C2CCCCN2)NC1. The van der Waals surface area contributed by atoms with Crippen molar-refractivity contribution in [2.75, 3.05) is 13.1 Å². The Morgan fingerprint density at radius 1 is 1.00 bits per heavy atom. The fourth-order valence-corrected chi connectivity index (χ4v) is 2.16. The van der Waals surface area contributed by atoms with Crippen molar-refractivity contribution in [1.29, 1.82) is 0 Å². The van der Waals surface area contributed by atoms with E-state index in [2.05, 4.69) is 22.8 Å². The Hall–Kier alpha value is -0.340. The third-order valence-corrected chi connectivity index (χ3v) is 2.89. The summed E-state index contributed by atoms with van der Waals surface area (Å²) in [5, 5.41) is 7.13. The Morgan fingerprint density at radius 2 is 2.00 bits per heavy atom. The summed E-state index contributed by atoms with van der Waals surface area (Å²) in [6.45, 7) is 2.27. The molecule has 12 heavy (non-hydrogen) atoms. The van der Waals surface area contributed by atoms with Crippen LogP contribution >= 0.6 is 0 Å². The van der Waals surface area contributed by atoms with Gasteiger partial charge in [0.25, 0.3) is 0 Å². The summed E-state index contributed by atoms with van der Waals surface area (Å²) >= 11 is 0. The maximum atomic E-state index is 3.59. The smallest absolute Gasteiger partial charge is 0.0258 e. The molecule has 68 valence electrons. The van der Waals surface area contributed by atoms with Crippen LogP contribution in [0.1, 0.15) is 25.7 Å². The molecule has 2 N–H and O–H groups in total. The molecule has 1 saturated heterocycles. The third kappa shape index (κ3) is 1.87. The molecule has 0 spiro atoms. The van der Waals surface area contributed by atoms with E-state index in [1.807, 2.05) is 0 Å². The van der Waals surface area contributed by atoms with E-state index in [0.717, 1.165) is 12.6 Å². The highest BCUT2D eigenvalue weighted by Crippen LogP contribution is 2.14. The first kappa shape index (κ1) is 8.27. The molecule has 0 aromatic rings. The molecule has 0 aliphatic carbocycles. The Balaban J connectivity index is 1.85. The summed E-state index contributed by atoms with van der Waals surface area (Å²) in [5.74, 6) is 0. The van der Waals surface area contributed by atoms with Crippen LogP contribution in [0.25, 0.3) is 0 Å². The van der Waals surface area contributed by atoms with Crippen molar-refractivity contribution in [2.45, 2.75) is 37.8 Å². The van der Waals surface area contributed by atoms with Crippen LogP contribution < -0.4 is 10.6 Å². The van der Waals surface area contributed by atoms with Gasteiger partial charge >= 0.3 is 0 Å². The van der Waals surface area contributed by atoms with E-state index in [-0.39, 0.29) is 0 Å². The summed E-state index contributed by atoms with van der Waals surface area (Å²) in [5.41, 5.74) is 0. The van der Waals surface area contributed by atoms with Crippen molar-refractivity contribution in [3.05, 3.63) is 12.2 Å². The average Bonchev–Trinajstić information content (AvgIpc) is 2.21. The Morgan fingerprint density at radius 3 is 2.67 bits per heavy atom. The van der Waals surface area contributed by atoms with E-state index >= 15 is 0 Å². The van der Waals surface area contributed by atoms with Gasteiger partial charge in [0.15, 0.2) is 0 Å². The lowest BCUT2D eigenvalue weighted by atomic mass is 9.94. The third-order valence-electron chi connectivity index (χ3n) is 2.89. The summed E-state index contributed by atoms with van der Waals surface area (Å²) in [7, 11) is 0. The van der Waals surface area contributed by atoms with Gasteiger partial charge in [-0.25, -0.2) is 0 Å². The van der Waals surface area contributed by atoms with Crippen LogP contribution in [0.2, 0.25) is 0 Å². The van der Waals surface area contributed by atoms with Gasteiger partial charge in [-0.15, -0.1) is 0 Å². The largest absolute Gasteiger partial charge is 0.312 e. The number of hydrogen-bond acceptors (Lipinski definition) is 2. The van der Waals surface area contributed by atoms with Gasteiger partial charge in [0.2, 0.25) is 0 Å². The quantitative estimate of drug-likeness (QED) is 0.569. The fraction of sp³-hybridized carbons (Fsp3) is 0.800. The van der Waals surface area contributed by atoms with E-state index in [1.54, 1.807) is 0 Å². The molecule has 2 rings (SSSR count). The second-order valence-electron chi connectivity index (χ2n) is 3.78. The van der Waals surface area contributed by atoms with Crippen LogP contribution in [0.3, 0.4) is 0 Å². The van der Waals surface area contributed by atoms with Crippen LogP contribution in [0.15, 0.2) is 12.2 Å². The molecule has 2 heterocycles. The summed E-state index contributed by atoms with van der Waals surface area (Å²) in [6.07, 6.45) is 9.85. The molecule has 1 fully saturated rings. The summed E-state index contributed by atoms with van der Waals surface area (Å²) in [4.78, 5) is 0. The van der Waals surface area contributed by atoms with Gasteiger partial charge in [0.05, 0.1) is 0 Å². The first-order valence-electron chi connectivity index (χ1n) is 5.08. The number of nitrogens with one attached hydrogen (secondary N) is 2. The molecule has 2 unspecified atom stereocenters. The van der Waals surface area contributed by atoms with Gasteiger partial charge in [0, 0.05) is 18.6 Å². The molecule has 0 bridgehead atoms. The maximum Gasteiger partial charge on any atom is 0.0258 e. The molecule has 0 radical (unpaired) electrons. The highest BCUT2D eigenvalue weighted by molar-refractivity contribution is 4.99. The molecular formula is C10H18N2. The highest BCUT2D eigenvalue weighted by Gasteiger charge is 2.22. The Labute approximate surface area is 74.4 Å². The first-order chi connectivity index (χ1) is 5.97. The predicted molar refractivity (Wildman–Crippen MR) is 51.2 cm³/mol. The lowest BCUT2D eigenvalue weighted by Gasteiger charge is -2.32. The number of hydrogen-bond donors (Lipinski definition) is 2. The van der Waals surface area contributed by atoms with E-state index in [0.29, 0.717) is 6.04 Å². The lowest BCUT2D eigenvalue weighted by Crippen LogP contribution is -2.50. The first-order valence-corrected chi connectivity index (χ1v) is 5.08. The zero-order valence-corrected chi connectivity index (χ0v) is 7.55. The fourth-order valence-electron chi connectivity index (χ4n) is 2.16. The minimum Gasteiger partial charge on any atom is -0.312 e. The van der Waals surface area contributed by atoms with Gasteiger partial charge in [-0.05, 0) is 25.8 Å². The molecule has 2 aliphatic heterocycles. The van der Waals surface area contributed by atoms with E-state index < -0.39 is 0 Å². The lowest BCUT2D eigenvalue weighted by molar-refractivity contribution is 0.313. The van der Waals surface area contributed by atoms with Gasteiger partial charge in [-0.2, -0.15) is 0 Å². The topological polar surface area (TPSA) is 24.1 Å². The van der Waals surface area contributed by atoms with Crippen molar-refractivity contribution < 1.29 is 0 Å². The van der Waals surface area contributed by atoms with Crippen molar-refractivity contribution in [1.82, 2.24) is 10.6 Å². The molecule has 2 aliphatic rings. The second kappa shape index (κ2) is 4.06. The van der Waals surface area contributed by atoms with Crippen molar-refractivity contribution in [2.24, 2.45) is 0 Å². The molecule has 2 heteroatoms. The molecule has 0 aromatic heterocycles. The number of rotatable bonds is 1. The summed E-state index contributed by atoms with van der Waals surface area (Å²) < 4.78 is 0. The minimum absolute atomic E-state index is 0.690. The summed E-state index contributed by atoms with van der Waals surface area (Å²) in [6, 6.07) is 1.42. The molecular weight excluding hydrogens is 148 g/mol. The van der Waals surface area contributed by atoms with E-state index in [1.165, 1.54) is 32.2 Å². The zero-order valence-electron chi connectivity index (χ0n) is 7.55. The predicted octanol–water partition coefficient (Wildman–Crippen LogP) is 1.05. The van der Waals surface area contributed by atoms with Gasteiger partial charge < -0.3 is 10.6 Å². The van der Waals surface area contributed by atoms with Crippen molar-refractivity contribution in [3.63, 3.8) is 0 Å². The normalized spacial score (nSPS) is 36.7. The van der Waals surface area contributed by atoms with Crippen LogP contribution in [0, 0.1) is 0 Å². The number of piperidine rings is 1. The Bertz CT molecular complexity index is 159. The maximum absolute atomic E-state index is 3.59. The van der Waals surface area contributed by atoms with Crippen LogP contribution in [0.5, 0.6) is 0 Å². The van der Waals surface area contributed by atoms with Crippen LogP contribution in [-0.2, 0) is 0 Å². The molecule has 0 amide bonds. The minimum atomic E-state index is 0.690. The highest BCUT2D eigenvalue weighted by atomic mass is 15.0.